The van der Waals surface area contributed by atoms with E-state index in [1.807, 2.05) is 30.3 Å². The molecule has 0 bridgehead atoms. The van der Waals surface area contributed by atoms with Crippen molar-refractivity contribution in [2.45, 2.75) is 19.6 Å². The summed E-state index contributed by atoms with van der Waals surface area (Å²) in [5, 5.41) is 12.7. The topological polar surface area (TPSA) is 81.1 Å². The second kappa shape index (κ2) is 7.98. The highest BCUT2D eigenvalue weighted by Gasteiger charge is 2.10. The predicted octanol–water partition coefficient (Wildman–Crippen LogP) is 3.60. The Labute approximate surface area is 157 Å². The number of aryl methyl sites for hydroxylation is 1. The van der Waals surface area contributed by atoms with Gasteiger partial charge in [0.25, 0.3) is 0 Å². The van der Waals surface area contributed by atoms with E-state index < -0.39 is 5.76 Å². The molecule has 0 amide bonds. The van der Waals surface area contributed by atoms with Gasteiger partial charge in [-0.3, -0.25) is 0 Å². The summed E-state index contributed by atoms with van der Waals surface area (Å²) in [5.74, 6) is 0.380. The number of nitriles is 1. The van der Waals surface area contributed by atoms with Crippen molar-refractivity contribution in [2.75, 3.05) is 0 Å². The molecule has 1 heterocycles. The van der Waals surface area contributed by atoms with Crippen LogP contribution >= 0.6 is 22.6 Å². The average Bonchev–Trinajstić information content (AvgIpc) is 3.00. The lowest BCUT2D eigenvalue weighted by Crippen LogP contribution is -2.15. The Bertz CT molecular complexity index is 937. The maximum absolute atomic E-state index is 11.7. The van der Waals surface area contributed by atoms with Crippen LogP contribution in [0.1, 0.15) is 12.0 Å². The van der Waals surface area contributed by atoms with Crippen molar-refractivity contribution in [1.82, 2.24) is 9.78 Å². The van der Waals surface area contributed by atoms with Gasteiger partial charge in [0.2, 0.25) is 5.89 Å². The Balaban J connectivity index is 1.67. The second-order valence-electron chi connectivity index (χ2n) is 5.24. The number of nitrogens with zero attached hydrogens (tertiary/aromatic N) is 3. The minimum absolute atomic E-state index is 0.206. The summed E-state index contributed by atoms with van der Waals surface area (Å²) in [4.78, 5) is 11.7. The first-order valence-electron chi connectivity index (χ1n) is 7.58. The molecule has 0 aliphatic carbocycles. The van der Waals surface area contributed by atoms with E-state index in [1.54, 1.807) is 24.3 Å². The molecule has 3 aromatic rings. The molecular formula is C18H14IN3O3. The molecule has 25 heavy (non-hydrogen) atoms. The van der Waals surface area contributed by atoms with Crippen LogP contribution in [0.4, 0.5) is 0 Å². The van der Waals surface area contributed by atoms with Crippen molar-refractivity contribution in [1.29, 1.82) is 5.26 Å². The predicted molar refractivity (Wildman–Crippen MR) is 99.9 cm³/mol. The number of hydrogen-bond acceptors (Lipinski definition) is 5. The number of ether oxygens (including phenoxy) is 1. The lowest BCUT2D eigenvalue weighted by Gasteiger charge is -2.06. The molecular weight excluding hydrogens is 433 g/mol. The number of aromatic nitrogens is 2. The molecule has 126 valence electrons. The van der Waals surface area contributed by atoms with E-state index in [-0.39, 0.29) is 18.9 Å². The normalized spacial score (nSPS) is 10.4. The molecule has 1 aromatic heterocycles. The van der Waals surface area contributed by atoms with E-state index in [2.05, 4.69) is 27.7 Å². The first kappa shape index (κ1) is 17.2. The zero-order chi connectivity index (χ0) is 17.6. The summed E-state index contributed by atoms with van der Waals surface area (Å²) < 4.78 is 13.2. The molecule has 0 aliphatic rings. The van der Waals surface area contributed by atoms with Crippen LogP contribution in [0.15, 0.2) is 57.7 Å². The fourth-order valence-electron chi connectivity index (χ4n) is 2.16. The summed E-state index contributed by atoms with van der Waals surface area (Å²) in [7, 11) is 0. The highest BCUT2D eigenvalue weighted by Crippen LogP contribution is 2.21. The van der Waals surface area contributed by atoms with Gasteiger partial charge in [0, 0.05) is 9.13 Å². The van der Waals surface area contributed by atoms with Crippen LogP contribution in [0.5, 0.6) is 5.75 Å². The van der Waals surface area contributed by atoms with Crippen molar-refractivity contribution >= 4 is 22.6 Å². The maximum Gasteiger partial charge on any atom is 0.437 e. The van der Waals surface area contributed by atoms with Crippen molar-refractivity contribution in [3.63, 3.8) is 0 Å². The molecule has 0 atom stereocenters. The summed E-state index contributed by atoms with van der Waals surface area (Å²) in [6, 6.07) is 17.3. The van der Waals surface area contributed by atoms with E-state index in [4.69, 9.17) is 14.4 Å². The largest absolute Gasteiger partial charge is 0.489 e. The lowest BCUT2D eigenvalue weighted by atomic mass is 10.2. The van der Waals surface area contributed by atoms with Crippen molar-refractivity contribution in [2.24, 2.45) is 0 Å². The van der Waals surface area contributed by atoms with Crippen LogP contribution in [0.2, 0.25) is 0 Å². The highest BCUT2D eigenvalue weighted by atomic mass is 127. The summed E-state index contributed by atoms with van der Waals surface area (Å²) in [6.45, 7) is 0.699. The van der Waals surface area contributed by atoms with Crippen LogP contribution < -0.4 is 10.5 Å². The first-order chi connectivity index (χ1) is 12.2. The molecule has 0 fully saturated rings. The minimum atomic E-state index is -0.565. The summed E-state index contributed by atoms with van der Waals surface area (Å²) >= 11 is 2.26. The summed E-state index contributed by atoms with van der Waals surface area (Å²) in [5.41, 5.74) is 1.76. The van der Waals surface area contributed by atoms with Gasteiger partial charge in [0.1, 0.15) is 12.4 Å². The molecule has 0 unspecified atom stereocenters. The number of benzene rings is 2. The Kier molecular flexibility index (Phi) is 5.50. The van der Waals surface area contributed by atoms with E-state index in [9.17, 15) is 4.79 Å². The molecule has 3 rings (SSSR count). The Morgan fingerprint density at radius 1 is 1.16 bits per heavy atom. The van der Waals surface area contributed by atoms with Crippen LogP contribution in [-0.4, -0.2) is 9.78 Å². The Hall–Kier alpha value is -2.60. The van der Waals surface area contributed by atoms with Crippen LogP contribution in [-0.2, 0) is 13.2 Å². The van der Waals surface area contributed by atoms with Gasteiger partial charge in [-0.25, -0.2) is 4.79 Å². The zero-order valence-corrected chi connectivity index (χ0v) is 15.3. The maximum atomic E-state index is 11.7. The quantitative estimate of drug-likeness (QED) is 0.540. The average molecular weight is 447 g/mol. The number of rotatable bonds is 6. The van der Waals surface area contributed by atoms with Gasteiger partial charge in [0.15, 0.2) is 0 Å². The van der Waals surface area contributed by atoms with Crippen LogP contribution in [0.25, 0.3) is 11.5 Å². The van der Waals surface area contributed by atoms with E-state index in [0.29, 0.717) is 17.9 Å². The zero-order valence-electron chi connectivity index (χ0n) is 13.2. The fourth-order valence-corrected chi connectivity index (χ4v) is 2.52. The molecule has 7 heteroatoms. The molecule has 0 radical (unpaired) electrons. The first-order valence-corrected chi connectivity index (χ1v) is 8.66. The number of hydrogen-bond donors (Lipinski definition) is 0. The van der Waals surface area contributed by atoms with Gasteiger partial charge in [-0.1, -0.05) is 12.1 Å². The van der Waals surface area contributed by atoms with Crippen LogP contribution in [0.3, 0.4) is 0 Å². The van der Waals surface area contributed by atoms with Gasteiger partial charge in [-0.15, -0.1) is 5.10 Å². The van der Waals surface area contributed by atoms with Gasteiger partial charge in [0.05, 0.1) is 19.0 Å². The third-order valence-corrected chi connectivity index (χ3v) is 4.18. The smallest absolute Gasteiger partial charge is 0.437 e. The Morgan fingerprint density at radius 3 is 2.56 bits per heavy atom. The monoisotopic (exact) mass is 447 g/mol. The van der Waals surface area contributed by atoms with Gasteiger partial charge < -0.3 is 9.15 Å². The molecule has 0 aliphatic heterocycles. The lowest BCUT2D eigenvalue weighted by molar-refractivity contribution is 0.306. The highest BCUT2D eigenvalue weighted by molar-refractivity contribution is 14.1. The van der Waals surface area contributed by atoms with Crippen molar-refractivity contribution in [3.05, 3.63) is 68.2 Å². The van der Waals surface area contributed by atoms with Gasteiger partial charge in [-0.2, -0.15) is 9.94 Å². The number of halogens is 1. The minimum Gasteiger partial charge on any atom is -0.489 e. The molecule has 2 aromatic carbocycles. The summed E-state index contributed by atoms with van der Waals surface area (Å²) in [6.07, 6.45) is 0.206. The van der Waals surface area contributed by atoms with Crippen molar-refractivity contribution < 1.29 is 9.15 Å². The molecule has 0 N–H and O–H groups in total. The fraction of sp³-hybridized carbons (Fsp3) is 0.167. The van der Waals surface area contributed by atoms with E-state index >= 15 is 0 Å². The molecule has 6 nitrogen and oxygen atoms in total. The standard InChI is InChI=1S/C18H14IN3O3/c19-15-6-2-13(3-7-15)12-24-16-8-4-14(5-9-16)17-21-22(11-1-10-20)18(23)25-17/h2-9H,1,11-12H2. The molecule has 0 saturated heterocycles. The van der Waals surface area contributed by atoms with E-state index in [1.165, 1.54) is 3.57 Å². The van der Waals surface area contributed by atoms with Crippen LogP contribution in [0, 0.1) is 14.9 Å². The van der Waals surface area contributed by atoms with E-state index in [0.717, 1.165) is 10.2 Å². The third kappa shape index (κ3) is 4.48. The van der Waals surface area contributed by atoms with Gasteiger partial charge in [-0.05, 0) is 64.6 Å². The SMILES string of the molecule is N#CCCn1nc(-c2ccc(OCc3ccc(I)cc3)cc2)oc1=O. The molecule has 0 saturated carbocycles. The van der Waals surface area contributed by atoms with Crippen molar-refractivity contribution in [3.8, 4) is 23.3 Å². The Morgan fingerprint density at radius 2 is 1.88 bits per heavy atom. The molecule has 0 spiro atoms. The van der Waals surface area contributed by atoms with Gasteiger partial charge >= 0.3 is 5.76 Å². The second-order valence-corrected chi connectivity index (χ2v) is 6.49. The third-order valence-electron chi connectivity index (χ3n) is 3.46.